The summed E-state index contributed by atoms with van der Waals surface area (Å²) in [6.45, 7) is 2.38. The van der Waals surface area contributed by atoms with Crippen molar-refractivity contribution in [2.45, 2.75) is 25.3 Å². The van der Waals surface area contributed by atoms with Crippen LogP contribution in [0.2, 0.25) is 0 Å². The first-order valence-electron chi connectivity index (χ1n) is 5.62. The molecular formula is C13H18FN3. The number of hydrogen-bond donors (Lipinski definition) is 1. The van der Waals surface area contributed by atoms with Crippen LogP contribution in [0.4, 0.5) is 10.1 Å². The highest BCUT2D eigenvalue weighted by Gasteiger charge is 2.17. The standard InChI is InChI=1S/C13H18FN3/c1-13(16,10-15)8-5-9-17(2)12-7-4-3-6-11(12)14/h3-4,6-7H,5,8-9,16H2,1-2H3. The van der Waals surface area contributed by atoms with Crippen LogP contribution in [0.25, 0.3) is 0 Å². The Morgan fingerprint density at radius 1 is 1.47 bits per heavy atom. The Bertz CT molecular complexity index is 409. The van der Waals surface area contributed by atoms with E-state index in [1.54, 1.807) is 25.1 Å². The largest absolute Gasteiger partial charge is 0.372 e. The van der Waals surface area contributed by atoms with Crippen LogP contribution in [0.15, 0.2) is 24.3 Å². The molecular weight excluding hydrogens is 217 g/mol. The fourth-order valence-corrected chi connectivity index (χ4v) is 1.62. The molecule has 0 aliphatic heterocycles. The van der Waals surface area contributed by atoms with E-state index in [0.29, 0.717) is 18.7 Å². The van der Waals surface area contributed by atoms with E-state index in [4.69, 9.17) is 11.0 Å². The van der Waals surface area contributed by atoms with Crippen LogP contribution in [0.1, 0.15) is 19.8 Å². The van der Waals surface area contributed by atoms with Gasteiger partial charge in [0.1, 0.15) is 11.4 Å². The van der Waals surface area contributed by atoms with Gasteiger partial charge in [0.2, 0.25) is 0 Å². The molecule has 0 fully saturated rings. The molecule has 2 N–H and O–H groups in total. The Balaban J connectivity index is 2.49. The van der Waals surface area contributed by atoms with Gasteiger partial charge in [-0.2, -0.15) is 5.26 Å². The average molecular weight is 235 g/mol. The van der Waals surface area contributed by atoms with Crippen LogP contribution in [0.5, 0.6) is 0 Å². The van der Waals surface area contributed by atoms with Gasteiger partial charge >= 0.3 is 0 Å². The Kier molecular flexibility index (Phi) is 4.47. The maximum atomic E-state index is 13.4. The van der Waals surface area contributed by atoms with Gasteiger partial charge in [-0.25, -0.2) is 4.39 Å². The lowest BCUT2D eigenvalue weighted by molar-refractivity contribution is 0.521. The Morgan fingerprint density at radius 2 is 2.12 bits per heavy atom. The van der Waals surface area contributed by atoms with Crippen LogP contribution in [-0.4, -0.2) is 19.1 Å². The molecule has 1 rings (SSSR count). The summed E-state index contributed by atoms with van der Waals surface area (Å²) in [5.74, 6) is -0.231. The summed E-state index contributed by atoms with van der Waals surface area (Å²) in [5.41, 5.74) is 5.49. The quantitative estimate of drug-likeness (QED) is 0.851. The van der Waals surface area contributed by atoms with Crippen molar-refractivity contribution in [2.24, 2.45) is 5.73 Å². The molecule has 1 unspecified atom stereocenters. The SMILES string of the molecule is CN(CCCC(C)(N)C#N)c1ccccc1F. The Morgan fingerprint density at radius 3 is 2.71 bits per heavy atom. The second kappa shape index (κ2) is 5.65. The third-order valence-electron chi connectivity index (χ3n) is 2.71. The lowest BCUT2D eigenvalue weighted by Crippen LogP contribution is -2.35. The summed E-state index contributed by atoms with van der Waals surface area (Å²) in [4.78, 5) is 1.84. The van der Waals surface area contributed by atoms with Crippen LogP contribution in [-0.2, 0) is 0 Å². The van der Waals surface area contributed by atoms with E-state index >= 15 is 0 Å². The summed E-state index contributed by atoms with van der Waals surface area (Å²) in [6, 6.07) is 8.70. The summed E-state index contributed by atoms with van der Waals surface area (Å²) in [7, 11) is 1.83. The van der Waals surface area contributed by atoms with Crippen molar-refractivity contribution in [1.82, 2.24) is 0 Å². The number of rotatable bonds is 5. The minimum atomic E-state index is -0.796. The molecule has 0 aliphatic rings. The first-order chi connectivity index (χ1) is 7.96. The summed E-state index contributed by atoms with van der Waals surface area (Å²) < 4.78 is 13.4. The fourth-order valence-electron chi connectivity index (χ4n) is 1.62. The molecule has 0 heterocycles. The first kappa shape index (κ1) is 13.5. The minimum absolute atomic E-state index is 0.231. The summed E-state index contributed by atoms with van der Waals surface area (Å²) in [6.07, 6.45) is 1.35. The predicted molar refractivity (Wildman–Crippen MR) is 67.1 cm³/mol. The highest BCUT2D eigenvalue weighted by atomic mass is 19.1. The van der Waals surface area contributed by atoms with Crippen molar-refractivity contribution in [3.8, 4) is 6.07 Å². The molecule has 0 aromatic heterocycles. The van der Waals surface area contributed by atoms with Crippen molar-refractivity contribution in [1.29, 1.82) is 5.26 Å². The van der Waals surface area contributed by atoms with E-state index in [2.05, 4.69) is 6.07 Å². The number of benzene rings is 1. The zero-order chi connectivity index (χ0) is 12.9. The molecule has 1 aromatic carbocycles. The van der Waals surface area contributed by atoms with Crippen molar-refractivity contribution >= 4 is 5.69 Å². The van der Waals surface area contributed by atoms with Gasteiger partial charge in [-0.1, -0.05) is 12.1 Å². The molecule has 0 spiro atoms. The van der Waals surface area contributed by atoms with E-state index in [1.807, 2.05) is 11.9 Å². The monoisotopic (exact) mass is 235 g/mol. The number of halogens is 1. The normalized spacial score (nSPS) is 13.8. The van der Waals surface area contributed by atoms with Gasteiger partial charge in [-0.15, -0.1) is 0 Å². The topological polar surface area (TPSA) is 53.0 Å². The number of nitrogens with zero attached hydrogens (tertiary/aromatic N) is 2. The van der Waals surface area contributed by atoms with E-state index in [-0.39, 0.29) is 5.82 Å². The zero-order valence-corrected chi connectivity index (χ0v) is 10.3. The minimum Gasteiger partial charge on any atom is -0.372 e. The lowest BCUT2D eigenvalue weighted by Gasteiger charge is -2.22. The van der Waals surface area contributed by atoms with E-state index in [1.165, 1.54) is 6.07 Å². The van der Waals surface area contributed by atoms with Crippen LogP contribution in [0.3, 0.4) is 0 Å². The molecule has 4 heteroatoms. The number of nitrogens with two attached hydrogens (primary N) is 1. The molecule has 0 saturated carbocycles. The Labute approximate surface area is 102 Å². The molecule has 0 aliphatic carbocycles. The number of para-hydroxylation sites is 1. The maximum Gasteiger partial charge on any atom is 0.146 e. The van der Waals surface area contributed by atoms with Crippen LogP contribution >= 0.6 is 0 Å². The third-order valence-corrected chi connectivity index (χ3v) is 2.71. The smallest absolute Gasteiger partial charge is 0.146 e. The van der Waals surface area contributed by atoms with Crippen molar-refractivity contribution in [3.05, 3.63) is 30.1 Å². The first-order valence-corrected chi connectivity index (χ1v) is 5.62. The van der Waals surface area contributed by atoms with Gasteiger partial charge in [-0.3, -0.25) is 0 Å². The molecule has 3 nitrogen and oxygen atoms in total. The van der Waals surface area contributed by atoms with Gasteiger partial charge in [-0.05, 0) is 31.9 Å². The number of anilines is 1. The predicted octanol–water partition coefficient (Wildman–Crippen LogP) is 2.28. The Hall–Kier alpha value is -1.60. The lowest BCUT2D eigenvalue weighted by atomic mass is 9.99. The molecule has 1 atom stereocenters. The van der Waals surface area contributed by atoms with Gasteiger partial charge in [0.15, 0.2) is 0 Å². The number of nitriles is 1. The molecule has 0 amide bonds. The molecule has 1 aromatic rings. The second-order valence-electron chi connectivity index (χ2n) is 4.51. The highest BCUT2D eigenvalue weighted by molar-refractivity contribution is 5.46. The van der Waals surface area contributed by atoms with Crippen LogP contribution < -0.4 is 10.6 Å². The van der Waals surface area contributed by atoms with Gasteiger partial charge < -0.3 is 10.6 Å². The van der Waals surface area contributed by atoms with Gasteiger partial charge in [0.05, 0.1) is 11.8 Å². The molecule has 92 valence electrons. The van der Waals surface area contributed by atoms with E-state index in [0.717, 1.165) is 6.42 Å². The average Bonchev–Trinajstić information content (AvgIpc) is 2.29. The molecule has 17 heavy (non-hydrogen) atoms. The van der Waals surface area contributed by atoms with Gasteiger partial charge in [0.25, 0.3) is 0 Å². The van der Waals surface area contributed by atoms with Crippen molar-refractivity contribution < 1.29 is 4.39 Å². The summed E-state index contributed by atoms with van der Waals surface area (Å²) in [5, 5.41) is 8.77. The molecule has 0 saturated heterocycles. The fraction of sp³-hybridized carbons (Fsp3) is 0.462. The third kappa shape index (κ3) is 4.04. The zero-order valence-electron chi connectivity index (χ0n) is 10.3. The van der Waals surface area contributed by atoms with Crippen LogP contribution in [0, 0.1) is 17.1 Å². The van der Waals surface area contributed by atoms with Crippen molar-refractivity contribution in [2.75, 3.05) is 18.5 Å². The second-order valence-corrected chi connectivity index (χ2v) is 4.51. The van der Waals surface area contributed by atoms with E-state index in [9.17, 15) is 4.39 Å². The number of hydrogen-bond acceptors (Lipinski definition) is 3. The molecule has 0 radical (unpaired) electrons. The van der Waals surface area contributed by atoms with E-state index < -0.39 is 5.54 Å². The van der Waals surface area contributed by atoms with Gasteiger partial charge in [0, 0.05) is 13.6 Å². The summed E-state index contributed by atoms with van der Waals surface area (Å²) >= 11 is 0. The van der Waals surface area contributed by atoms with Crippen molar-refractivity contribution in [3.63, 3.8) is 0 Å². The molecule has 0 bridgehead atoms. The maximum absolute atomic E-state index is 13.4. The highest BCUT2D eigenvalue weighted by Crippen LogP contribution is 2.18.